The number of piperazine rings is 1. The average molecular weight is 462 g/mol. The molecule has 34 heavy (non-hydrogen) atoms. The van der Waals surface area contributed by atoms with Gasteiger partial charge in [0.1, 0.15) is 6.07 Å². The number of likely N-dealkylation sites (N-methyl/N-ethyl adjacent to an activating group) is 1. The standard InChI is InChI=1S/C24H31N9O/c1-24(2,3)17-32(23-28-20(15-25)27-21-9-10-26-33(21)23)29-22(34)19-7-5-18(6-8-19)16-31-13-11-30(4)12-14-31/h5-10H,11-14,16-17H2,1-4H3,(H,29,34). The molecule has 0 atom stereocenters. The number of carbonyl (C=O) groups excluding carboxylic acids is 1. The second-order valence-corrected chi connectivity index (χ2v) is 9.92. The van der Waals surface area contributed by atoms with Gasteiger partial charge in [0, 0.05) is 50.9 Å². The largest absolute Gasteiger partial charge is 0.304 e. The second kappa shape index (κ2) is 9.75. The van der Waals surface area contributed by atoms with Crippen LogP contribution in [0.15, 0.2) is 36.5 Å². The van der Waals surface area contributed by atoms with E-state index in [0.717, 1.165) is 32.7 Å². The number of amides is 1. The quantitative estimate of drug-likeness (QED) is 0.555. The molecule has 10 heteroatoms. The van der Waals surface area contributed by atoms with Gasteiger partial charge in [-0.25, -0.2) is 0 Å². The molecule has 178 valence electrons. The van der Waals surface area contributed by atoms with E-state index in [2.05, 4.69) is 58.1 Å². The zero-order chi connectivity index (χ0) is 24.3. The molecule has 0 aliphatic carbocycles. The predicted octanol–water partition coefficient (Wildman–Crippen LogP) is 1.94. The summed E-state index contributed by atoms with van der Waals surface area (Å²) < 4.78 is 1.52. The third-order valence-corrected chi connectivity index (χ3v) is 5.67. The number of nitrogens with zero attached hydrogens (tertiary/aromatic N) is 8. The molecular formula is C24H31N9O. The van der Waals surface area contributed by atoms with Crippen molar-refractivity contribution in [2.45, 2.75) is 27.3 Å². The first kappa shape index (κ1) is 23.6. The van der Waals surface area contributed by atoms with Gasteiger partial charge in [-0.3, -0.25) is 20.1 Å². The van der Waals surface area contributed by atoms with E-state index in [1.54, 1.807) is 17.3 Å². The Morgan fingerprint density at radius 2 is 1.82 bits per heavy atom. The maximum Gasteiger partial charge on any atom is 0.269 e. The van der Waals surface area contributed by atoms with Crippen LogP contribution in [0.4, 0.5) is 5.95 Å². The molecule has 2 aromatic heterocycles. The molecule has 1 aliphatic rings. The van der Waals surface area contributed by atoms with Crippen LogP contribution < -0.4 is 10.4 Å². The van der Waals surface area contributed by atoms with Crippen LogP contribution >= 0.6 is 0 Å². The highest BCUT2D eigenvalue weighted by Crippen LogP contribution is 2.20. The Morgan fingerprint density at radius 1 is 1.12 bits per heavy atom. The van der Waals surface area contributed by atoms with E-state index in [9.17, 15) is 10.1 Å². The number of benzene rings is 1. The summed E-state index contributed by atoms with van der Waals surface area (Å²) in [5.41, 5.74) is 5.01. The van der Waals surface area contributed by atoms with Gasteiger partial charge >= 0.3 is 0 Å². The van der Waals surface area contributed by atoms with Gasteiger partial charge in [0.05, 0.1) is 6.20 Å². The Hall–Kier alpha value is -3.55. The number of carbonyl (C=O) groups is 1. The molecule has 0 spiro atoms. The molecule has 0 radical (unpaired) electrons. The molecule has 3 aromatic rings. The Labute approximate surface area is 199 Å². The van der Waals surface area contributed by atoms with Crippen molar-refractivity contribution in [3.63, 3.8) is 0 Å². The van der Waals surface area contributed by atoms with Crippen molar-refractivity contribution in [3.05, 3.63) is 53.5 Å². The van der Waals surface area contributed by atoms with Crippen LogP contribution in [0.5, 0.6) is 0 Å². The summed E-state index contributed by atoms with van der Waals surface area (Å²) in [6.07, 6.45) is 1.59. The van der Waals surface area contributed by atoms with Gasteiger partial charge in [-0.2, -0.15) is 24.8 Å². The number of hydrogen-bond donors (Lipinski definition) is 1. The maximum atomic E-state index is 13.2. The summed E-state index contributed by atoms with van der Waals surface area (Å²) >= 11 is 0. The van der Waals surface area contributed by atoms with Gasteiger partial charge in [-0.15, -0.1) is 0 Å². The number of fused-ring (bicyclic) bond motifs is 1. The van der Waals surface area contributed by atoms with Crippen molar-refractivity contribution >= 4 is 17.5 Å². The van der Waals surface area contributed by atoms with Gasteiger partial charge in [-0.05, 0) is 30.2 Å². The molecule has 0 bridgehead atoms. The molecule has 1 aromatic carbocycles. The number of aromatic nitrogens is 4. The van der Waals surface area contributed by atoms with Gasteiger partial charge in [0.25, 0.3) is 5.91 Å². The van der Waals surface area contributed by atoms with Crippen LogP contribution in [0.25, 0.3) is 5.65 Å². The Kier molecular flexibility index (Phi) is 6.77. The summed E-state index contributed by atoms with van der Waals surface area (Å²) in [6.45, 7) is 11.8. The van der Waals surface area contributed by atoms with Gasteiger partial charge in [-0.1, -0.05) is 32.9 Å². The fourth-order valence-corrected chi connectivity index (χ4v) is 3.88. The first-order valence-electron chi connectivity index (χ1n) is 11.4. The second-order valence-electron chi connectivity index (χ2n) is 9.92. The average Bonchev–Trinajstić information content (AvgIpc) is 3.28. The van der Waals surface area contributed by atoms with E-state index >= 15 is 0 Å². The lowest BCUT2D eigenvalue weighted by molar-refractivity contribution is 0.0944. The van der Waals surface area contributed by atoms with E-state index in [0.29, 0.717) is 23.7 Å². The van der Waals surface area contributed by atoms with Crippen LogP contribution in [0.1, 0.15) is 42.5 Å². The fourth-order valence-electron chi connectivity index (χ4n) is 3.88. The lowest BCUT2D eigenvalue weighted by atomic mass is 9.97. The number of hydrogen-bond acceptors (Lipinski definition) is 8. The third-order valence-electron chi connectivity index (χ3n) is 5.67. The van der Waals surface area contributed by atoms with Crippen LogP contribution in [0, 0.1) is 16.7 Å². The van der Waals surface area contributed by atoms with E-state index in [4.69, 9.17) is 0 Å². The summed E-state index contributed by atoms with van der Waals surface area (Å²) in [7, 11) is 2.15. The van der Waals surface area contributed by atoms with Crippen molar-refractivity contribution in [2.75, 3.05) is 44.8 Å². The first-order chi connectivity index (χ1) is 16.2. The minimum absolute atomic E-state index is 0.0180. The summed E-state index contributed by atoms with van der Waals surface area (Å²) in [5.74, 6) is 0.0961. The lowest BCUT2D eigenvalue weighted by Gasteiger charge is -2.32. The van der Waals surface area contributed by atoms with Crippen molar-refractivity contribution in [2.24, 2.45) is 5.41 Å². The van der Waals surface area contributed by atoms with E-state index < -0.39 is 0 Å². The maximum absolute atomic E-state index is 13.2. The van der Waals surface area contributed by atoms with Crippen LogP contribution in [-0.4, -0.2) is 75.1 Å². The molecule has 1 aliphatic heterocycles. The van der Waals surface area contributed by atoms with Gasteiger partial charge in [0.2, 0.25) is 11.8 Å². The molecule has 1 N–H and O–H groups in total. The number of rotatable bonds is 6. The molecule has 3 heterocycles. The Morgan fingerprint density at radius 3 is 2.47 bits per heavy atom. The van der Waals surface area contributed by atoms with Crippen LogP contribution in [0.2, 0.25) is 0 Å². The van der Waals surface area contributed by atoms with Crippen LogP contribution in [-0.2, 0) is 6.54 Å². The predicted molar refractivity (Wildman–Crippen MR) is 129 cm³/mol. The van der Waals surface area contributed by atoms with Crippen molar-refractivity contribution in [1.29, 1.82) is 5.26 Å². The Balaban J connectivity index is 1.53. The zero-order valence-electron chi connectivity index (χ0n) is 20.2. The summed E-state index contributed by atoms with van der Waals surface area (Å²) in [4.78, 5) is 26.4. The normalized spacial score (nSPS) is 15.3. The Bertz CT molecular complexity index is 1180. The molecule has 0 saturated carbocycles. The first-order valence-corrected chi connectivity index (χ1v) is 11.4. The van der Waals surface area contributed by atoms with Gasteiger partial charge < -0.3 is 4.90 Å². The molecule has 0 unspecified atom stereocenters. The summed E-state index contributed by atoms with van der Waals surface area (Å²) in [6, 6.07) is 11.4. The number of nitrogens with one attached hydrogen (secondary N) is 1. The highest BCUT2D eigenvalue weighted by Gasteiger charge is 2.24. The minimum atomic E-state index is -0.257. The molecule has 1 saturated heterocycles. The molecule has 4 rings (SSSR count). The molecular weight excluding hydrogens is 430 g/mol. The molecule has 1 amide bonds. The number of nitriles is 1. The number of hydrazine groups is 1. The molecule has 1 fully saturated rings. The van der Waals surface area contributed by atoms with Crippen molar-refractivity contribution in [3.8, 4) is 6.07 Å². The van der Waals surface area contributed by atoms with Gasteiger partial charge in [0.15, 0.2) is 5.65 Å². The monoisotopic (exact) mass is 461 g/mol. The number of anilines is 1. The van der Waals surface area contributed by atoms with E-state index in [-0.39, 0.29) is 17.1 Å². The topological polar surface area (TPSA) is 106 Å². The highest BCUT2D eigenvalue weighted by molar-refractivity contribution is 5.95. The van der Waals surface area contributed by atoms with Crippen molar-refractivity contribution < 1.29 is 4.79 Å². The fraction of sp³-hybridized carbons (Fsp3) is 0.458. The third kappa shape index (κ3) is 5.68. The minimum Gasteiger partial charge on any atom is -0.304 e. The lowest BCUT2D eigenvalue weighted by Crippen LogP contribution is -2.48. The summed E-state index contributed by atoms with van der Waals surface area (Å²) in [5, 5.41) is 15.3. The van der Waals surface area contributed by atoms with E-state index in [1.807, 2.05) is 30.3 Å². The van der Waals surface area contributed by atoms with Crippen molar-refractivity contribution in [1.82, 2.24) is 34.8 Å². The SMILES string of the molecule is CN1CCN(Cc2ccc(C(=O)NN(CC(C)(C)C)c3nc(C#N)nc4ccnn34)cc2)CC1. The smallest absolute Gasteiger partial charge is 0.269 e. The van der Waals surface area contributed by atoms with E-state index in [1.165, 1.54) is 10.1 Å². The van der Waals surface area contributed by atoms with Crippen LogP contribution in [0.3, 0.4) is 0 Å². The highest BCUT2D eigenvalue weighted by atomic mass is 16.2. The molecule has 10 nitrogen and oxygen atoms in total. The zero-order valence-corrected chi connectivity index (χ0v) is 20.2.